The number of hydrogen-bond donors (Lipinski definition) is 0. The fourth-order valence-corrected chi connectivity index (χ4v) is 3.75. The Morgan fingerprint density at radius 3 is 2.50 bits per heavy atom. The molecule has 1 aromatic carbocycles. The first-order valence-electron chi connectivity index (χ1n) is 7.81. The third kappa shape index (κ3) is 4.15. The van der Waals surface area contributed by atoms with Crippen molar-refractivity contribution in [2.75, 3.05) is 19.7 Å². The van der Waals surface area contributed by atoms with Gasteiger partial charge in [-0.1, -0.05) is 18.2 Å². The van der Waals surface area contributed by atoms with Crippen molar-refractivity contribution >= 4 is 15.8 Å². The molecule has 1 aliphatic heterocycles. The summed E-state index contributed by atoms with van der Waals surface area (Å²) in [6.07, 6.45) is 2.54. The summed E-state index contributed by atoms with van der Waals surface area (Å²) < 4.78 is 30.0. The van der Waals surface area contributed by atoms with Crippen molar-refractivity contribution in [1.29, 1.82) is 5.26 Å². The van der Waals surface area contributed by atoms with E-state index >= 15 is 0 Å². The molecule has 1 saturated heterocycles. The minimum atomic E-state index is -3.82. The van der Waals surface area contributed by atoms with Gasteiger partial charge in [0, 0.05) is 19.3 Å². The van der Waals surface area contributed by atoms with Crippen molar-refractivity contribution in [2.45, 2.75) is 24.7 Å². The van der Waals surface area contributed by atoms with Gasteiger partial charge in [-0.05, 0) is 31.9 Å². The molecule has 0 spiro atoms. The predicted octanol–water partition coefficient (Wildman–Crippen LogP) is 2.10. The summed E-state index contributed by atoms with van der Waals surface area (Å²) in [7, 11) is -3.82. The second-order valence-corrected chi connectivity index (χ2v) is 7.40. The Balaban J connectivity index is 2.10. The third-order valence-electron chi connectivity index (χ3n) is 3.90. The van der Waals surface area contributed by atoms with E-state index in [0.29, 0.717) is 32.5 Å². The lowest BCUT2D eigenvalue weighted by molar-refractivity contribution is -0.149. The average molecular weight is 348 g/mol. The molecule has 0 N–H and O–H groups in total. The lowest BCUT2D eigenvalue weighted by atomic mass is 9.97. The van der Waals surface area contributed by atoms with E-state index in [9.17, 15) is 18.5 Å². The first-order valence-corrected chi connectivity index (χ1v) is 9.30. The quantitative estimate of drug-likeness (QED) is 0.598. The van der Waals surface area contributed by atoms with Crippen LogP contribution in [0.5, 0.6) is 0 Å². The van der Waals surface area contributed by atoms with Gasteiger partial charge in [-0.25, -0.2) is 8.42 Å². The van der Waals surface area contributed by atoms with Crippen LogP contribution in [0.4, 0.5) is 0 Å². The molecular weight excluding hydrogens is 328 g/mol. The van der Waals surface area contributed by atoms with Crippen molar-refractivity contribution < 1.29 is 17.9 Å². The molecule has 0 unspecified atom stereocenters. The number of rotatable bonds is 5. The molecule has 1 fully saturated rings. The number of esters is 1. The highest BCUT2D eigenvalue weighted by Gasteiger charge is 2.27. The molecule has 7 heteroatoms. The maximum absolute atomic E-state index is 12.5. The molecule has 6 nitrogen and oxygen atoms in total. The molecule has 24 heavy (non-hydrogen) atoms. The van der Waals surface area contributed by atoms with Crippen molar-refractivity contribution in [2.24, 2.45) is 5.92 Å². The van der Waals surface area contributed by atoms with Gasteiger partial charge in [0.05, 0.1) is 17.4 Å². The van der Waals surface area contributed by atoms with Crippen LogP contribution < -0.4 is 0 Å². The molecule has 0 atom stereocenters. The van der Waals surface area contributed by atoms with Gasteiger partial charge in [0.1, 0.15) is 6.07 Å². The number of allylic oxidation sites excluding steroid dienone is 1. The van der Waals surface area contributed by atoms with Gasteiger partial charge in [0.15, 0.2) is 4.91 Å². The van der Waals surface area contributed by atoms with Crippen LogP contribution in [0.3, 0.4) is 0 Å². The first-order chi connectivity index (χ1) is 11.5. The van der Waals surface area contributed by atoms with Crippen molar-refractivity contribution in [3.63, 3.8) is 0 Å². The highest BCUT2D eigenvalue weighted by molar-refractivity contribution is 7.95. The third-order valence-corrected chi connectivity index (χ3v) is 5.57. The molecule has 128 valence electrons. The fraction of sp³-hybridized carbons (Fsp3) is 0.412. The van der Waals surface area contributed by atoms with Gasteiger partial charge >= 0.3 is 5.97 Å². The van der Waals surface area contributed by atoms with Crippen molar-refractivity contribution in [3.05, 3.63) is 41.4 Å². The Bertz CT molecular complexity index is 743. The summed E-state index contributed by atoms with van der Waals surface area (Å²) in [5.41, 5.74) is 0. The highest BCUT2D eigenvalue weighted by Crippen LogP contribution is 2.23. The Morgan fingerprint density at radius 1 is 1.33 bits per heavy atom. The van der Waals surface area contributed by atoms with Crippen LogP contribution in [0.2, 0.25) is 0 Å². The Labute approximate surface area is 142 Å². The molecule has 0 amide bonds. The van der Waals surface area contributed by atoms with Gasteiger partial charge < -0.3 is 9.64 Å². The zero-order valence-corrected chi connectivity index (χ0v) is 14.3. The smallest absolute Gasteiger partial charge is 0.309 e. The number of piperidine rings is 1. The summed E-state index contributed by atoms with van der Waals surface area (Å²) in [6, 6.07) is 9.67. The fourth-order valence-electron chi connectivity index (χ4n) is 2.58. The Morgan fingerprint density at radius 2 is 1.96 bits per heavy atom. The molecule has 0 aliphatic carbocycles. The SMILES string of the molecule is CCOC(=O)C1CCN(C=C(C#N)S(=O)(=O)c2ccccc2)CC1. The van der Waals surface area contributed by atoms with Crippen LogP contribution in [0.1, 0.15) is 19.8 Å². The summed E-state index contributed by atoms with van der Waals surface area (Å²) >= 11 is 0. The number of nitrogens with zero attached hydrogens (tertiary/aromatic N) is 2. The van der Waals surface area contributed by atoms with E-state index in [4.69, 9.17) is 4.74 Å². The van der Waals surface area contributed by atoms with Crippen LogP contribution in [-0.4, -0.2) is 39.0 Å². The molecule has 1 heterocycles. The van der Waals surface area contributed by atoms with Crippen LogP contribution in [0.15, 0.2) is 46.3 Å². The van der Waals surface area contributed by atoms with Gasteiger partial charge in [-0.15, -0.1) is 0 Å². The molecule has 0 radical (unpaired) electrons. The predicted molar refractivity (Wildman–Crippen MR) is 88.3 cm³/mol. The zero-order chi connectivity index (χ0) is 17.6. The summed E-state index contributed by atoms with van der Waals surface area (Å²) in [4.78, 5) is 13.3. The Hall–Kier alpha value is -2.33. The lowest BCUT2D eigenvalue weighted by Crippen LogP contribution is -2.34. The maximum atomic E-state index is 12.5. The number of likely N-dealkylation sites (tertiary alicyclic amines) is 1. The monoisotopic (exact) mass is 348 g/mol. The van der Waals surface area contributed by atoms with Crippen LogP contribution in [0.25, 0.3) is 0 Å². The zero-order valence-electron chi connectivity index (χ0n) is 13.5. The normalized spacial score (nSPS) is 16.5. The first kappa shape index (κ1) is 18.0. The number of carbonyl (C=O) groups excluding carboxylic acids is 1. The van der Waals surface area contributed by atoms with Gasteiger partial charge in [0.2, 0.25) is 9.84 Å². The number of benzene rings is 1. The van der Waals surface area contributed by atoms with E-state index < -0.39 is 9.84 Å². The molecule has 2 rings (SSSR count). The minimum absolute atomic E-state index is 0.0965. The second kappa shape index (κ2) is 7.97. The molecule has 1 aliphatic rings. The number of hydrogen-bond acceptors (Lipinski definition) is 6. The van der Waals surface area contributed by atoms with Crippen LogP contribution in [-0.2, 0) is 19.4 Å². The van der Waals surface area contributed by atoms with Gasteiger partial charge in [-0.3, -0.25) is 4.79 Å². The van der Waals surface area contributed by atoms with Crippen LogP contribution in [0, 0.1) is 17.2 Å². The highest BCUT2D eigenvalue weighted by atomic mass is 32.2. The van der Waals surface area contributed by atoms with E-state index in [-0.39, 0.29) is 21.7 Å². The number of carbonyl (C=O) groups is 1. The summed E-state index contributed by atoms with van der Waals surface area (Å²) in [6.45, 7) is 3.15. The van der Waals surface area contributed by atoms with Crippen LogP contribution >= 0.6 is 0 Å². The molecule has 1 aromatic rings. The van der Waals surface area contributed by atoms with Crippen molar-refractivity contribution in [3.8, 4) is 6.07 Å². The number of sulfone groups is 1. The number of ether oxygens (including phenoxy) is 1. The topological polar surface area (TPSA) is 87.5 Å². The maximum Gasteiger partial charge on any atom is 0.309 e. The van der Waals surface area contributed by atoms with E-state index in [1.54, 1.807) is 36.1 Å². The largest absolute Gasteiger partial charge is 0.466 e. The van der Waals surface area contributed by atoms with E-state index in [1.165, 1.54) is 18.3 Å². The lowest BCUT2D eigenvalue weighted by Gasteiger charge is -2.30. The van der Waals surface area contributed by atoms with E-state index in [1.807, 2.05) is 0 Å². The molecule has 0 saturated carbocycles. The molecule has 0 bridgehead atoms. The van der Waals surface area contributed by atoms with Crippen molar-refractivity contribution in [1.82, 2.24) is 4.90 Å². The molecule has 0 aromatic heterocycles. The van der Waals surface area contributed by atoms with E-state index in [2.05, 4.69) is 0 Å². The standard InChI is InChI=1S/C17H20N2O4S/c1-2-23-17(20)14-8-10-19(11-9-14)13-16(12-18)24(21,22)15-6-4-3-5-7-15/h3-7,13-14H,2,8-11H2,1H3. The minimum Gasteiger partial charge on any atom is -0.466 e. The second-order valence-electron chi connectivity index (χ2n) is 5.48. The van der Waals surface area contributed by atoms with Gasteiger partial charge in [0.25, 0.3) is 0 Å². The number of nitriles is 1. The van der Waals surface area contributed by atoms with E-state index in [0.717, 1.165) is 0 Å². The Kier molecular flexibility index (Phi) is 5.99. The summed E-state index contributed by atoms with van der Waals surface area (Å²) in [5.74, 6) is -0.371. The van der Waals surface area contributed by atoms with Gasteiger partial charge in [-0.2, -0.15) is 5.26 Å². The summed E-state index contributed by atoms with van der Waals surface area (Å²) in [5, 5.41) is 9.27. The average Bonchev–Trinajstić information content (AvgIpc) is 2.61. The molecular formula is C17H20N2O4S.